The number of hydrogen-bond acceptors (Lipinski definition) is 4. The lowest BCUT2D eigenvalue weighted by Crippen LogP contribution is -2.48. The number of nitrogens with zero attached hydrogens (tertiary/aromatic N) is 1. The van der Waals surface area contributed by atoms with Crippen LogP contribution in [-0.2, 0) is 14.8 Å². The lowest BCUT2D eigenvalue weighted by Gasteiger charge is -2.35. The van der Waals surface area contributed by atoms with Crippen molar-refractivity contribution in [2.75, 3.05) is 25.9 Å². The fraction of sp³-hybridized carbons (Fsp3) is 0.917. The van der Waals surface area contributed by atoms with Crippen LogP contribution in [0.2, 0.25) is 0 Å². The van der Waals surface area contributed by atoms with E-state index >= 15 is 0 Å². The number of nitrogens with two attached hydrogens (primary N) is 1. The molecule has 0 bridgehead atoms. The average molecular weight is 328 g/mol. The van der Waals surface area contributed by atoms with Crippen molar-refractivity contribution in [3.63, 3.8) is 0 Å². The van der Waals surface area contributed by atoms with E-state index in [0.29, 0.717) is 13.1 Å². The van der Waals surface area contributed by atoms with Crippen LogP contribution >= 0.6 is 12.4 Å². The number of halogens is 1. The molecular weight excluding hydrogens is 302 g/mol. The number of carbonyl (C=O) groups is 1. The monoisotopic (exact) mass is 327 g/mol. The number of hydrogen-bond donors (Lipinski definition) is 2. The Bertz CT molecular complexity index is 414. The number of carbonyl (C=O) groups excluding carboxylic acids is 1. The first-order valence-corrected chi connectivity index (χ1v) is 8.59. The first-order chi connectivity index (χ1) is 8.70. The van der Waals surface area contributed by atoms with Crippen LogP contribution in [0.15, 0.2) is 0 Å². The van der Waals surface area contributed by atoms with Gasteiger partial charge in [0.15, 0.2) is 0 Å². The third-order valence-corrected chi connectivity index (χ3v) is 4.33. The molecule has 0 radical (unpaired) electrons. The van der Waals surface area contributed by atoms with Gasteiger partial charge < -0.3 is 10.6 Å². The number of amides is 1. The molecule has 1 aliphatic rings. The van der Waals surface area contributed by atoms with Crippen molar-refractivity contribution in [2.45, 2.75) is 32.7 Å². The smallest absolute Gasteiger partial charge is 0.226 e. The highest BCUT2D eigenvalue weighted by Gasteiger charge is 2.28. The molecule has 1 fully saturated rings. The molecule has 3 unspecified atom stereocenters. The molecular formula is C12H26ClN3O3S. The summed E-state index contributed by atoms with van der Waals surface area (Å²) in [5.74, 6) is 0.0633. The van der Waals surface area contributed by atoms with Crippen LogP contribution < -0.4 is 10.5 Å². The van der Waals surface area contributed by atoms with Gasteiger partial charge in [0, 0.05) is 25.7 Å². The average Bonchev–Trinajstić information content (AvgIpc) is 2.34. The summed E-state index contributed by atoms with van der Waals surface area (Å²) in [6.45, 7) is 5.42. The second kappa shape index (κ2) is 8.17. The van der Waals surface area contributed by atoms with E-state index < -0.39 is 10.0 Å². The Hall–Kier alpha value is -0.370. The van der Waals surface area contributed by atoms with E-state index in [1.165, 1.54) is 0 Å². The highest BCUT2D eigenvalue weighted by molar-refractivity contribution is 7.88. The van der Waals surface area contributed by atoms with Gasteiger partial charge in [-0.15, -0.1) is 12.4 Å². The van der Waals surface area contributed by atoms with E-state index in [1.807, 2.05) is 18.7 Å². The minimum Gasteiger partial charge on any atom is -0.342 e. The Morgan fingerprint density at radius 1 is 1.45 bits per heavy atom. The Balaban J connectivity index is 0.00000361. The molecule has 1 rings (SSSR count). The van der Waals surface area contributed by atoms with Gasteiger partial charge in [-0.3, -0.25) is 4.79 Å². The molecule has 8 heteroatoms. The highest BCUT2D eigenvalue weighted by atomic mass is 35.5. The topological polar surface area (TPSA) is 92.5 Å². The zero-order valence-corrected chi connectivity index (χ0v) is 14.0. The second-order valence-corrected chi connectivity index (χ2v) is 7.39. The Morgan fingerprint density at radius 2 is 2.05 bits per heavy atom. The molecule has 6 nitrogen and oxygen atoms in total. The Morgan fingerprint density at radius 3 is 2.55 bits per heavy atom. The predicted molar refractivity (Wildman–Crippen MR) is 82.2 cm³/mol. The fourth-order valence-electron chi connectivity index (χ4n) is 2.21. The molecule has 0 aromatic rings. The molecule has 0 aliphatic carbocycles. The summed E-state index contributed by atoms with van der Waals surface area (Å²) in [6.07, 6.45) is 3.00. The van der Waals surface area contributed by atoms with Gasteiger partial charge in [0.05, 0.1) is 12.2 Å². The second-order valence-electron chi connectivity index (χ2n) is 5.56. The molecule has 120 valence electrons. The van der Waals surface area contributed by atoms with Gasteiger partial charge in [0.1, 0.15) is 0 Å². The van der Waals surface area contributed by atoms with Gasteiger partial charge in [0.2, 0.25) is 15.9 Å². The molecule has 1 saturated heterocycles. The van der Waals surface area contributed by atoms with Crippen LogP contribution in [0.5, 0.6) is 0 Å². The third kappa shape index (κ3) is 6.39. The van der Waals surface area contributed by atoms with Crippen molar-refractivity contribution in [3.05, 3.63) is 0 Å². The van der Waals surface area contributed by atoms with Crippen LogP contribution in [0.4, 0.5) is 0 Å². The quantitative estimate of drug-likeness (QED) is 0.753. The summed E-state index contributed by atoms with van der Waals surface area (Å²) in [6, 6.07) is -0.165. The van der Waals surface area contributed by atoms with Crippen LogP contribution in [0.3, 0.4) is 0 Å². The highest BCUT2D eigenvalue weighted by Crippen LogP contribution is 2.18. The van der Waals surface area contributed by atoms with Crippen molar-refractivity contribution in [1.29, 1.82) is 0 Å². The molecule has 0 aromatic heterocycles. The SMILES string of the molecule is CC(N)C(C)C(=O)N1CCCC(CNS(C)(=O)=O)C1.Cl. The molecule has 0 saturated carbocycles. The first kappa shape index (κ1) is 19.6. The third-order valence-electron chi connectivity index (χ3n) is 3.64. The fourth-order valence-corrected chi connectivity index (χ4v) is 2.75. The van der Waals surface area contributed by atoms with Gasteiger partial charge in [-0.05, 0) is 25.7 Å². The molecule has 20 heavy (non-hydrogen) atoms. The molecule has 0 aromatic carbocycles. The summed E-state index contributed by atoms with van der Waals surface area (Å²) < 4.78 is 24.7. The van der Waals surface area contributed by atoms with E-state index in [4.69, 9.17) is 5.73 Å². The van der Waals surface area contributed by atoms with Crippen LogP contribution in [0.25, 0.3) is 0 Å². The summed E-state index contributed by atoms with van der Waals surface area (Å²) >= 11 is 0. The summed E-state index contributed by atoms with van der Waals surface area (Å²) in [4.78, 5) is 14.0. The summed E-state index contributed by atoms with van der Waals surface area (Å²) in [5.41, 5.74) is 5.75. The van der Waals surface area contributed by atoms with Gasteiger partial charge in [0.25, 0.3) is 0 Å². The van der Waals surface area contributed by atoms with Gasteiger partial charge in [-0.2, -0.15) is 0 Å². The maximum atomic E-state index is 12.2. The molecule has 1 aliphatic heterocycles. The number of rotatable bonds is 5. The zero-order valence-electron chi connectivity index (χ0n) is 12.3. The normalized spacial score (nSPS) is 22.8. The molecule has 3 N–H and O–H groups in total. The van der Waals surface area contributed by atoms with Crippen molar-refractivity contribution >= 4 is 28.3 Å². The van der Waals surface area contributed by atoms with E-state index in [0.717, 1.165) is 25.6 Å². The summed E-state index contributed by atoms with van der Waals surface area (Å²) in [5, 5.41) is 0. The number of nitrogens with one attached hydrogen (secondary N) is 1. The predicted octanol–water partition coefficient (Wildman–Crippen LogP) is 0.179. The maximum Gasteiger partial charge on any atom is 0.226 e. The van der Waals surface area contributed by atoms with Gasteiger partial charge in [-0.1, -0.05) is 6.92 Å². The minimum absolute atomic E-state index is 0. The van der Waals surface area contributed by atoms with Crippen molar-refractivity contribution in [3.8, 4) is 0 Å². The lowest BCUT2D eigenvalue weighted by molar-refractivity contribution is -0.137. The van der Waals surface area contributed by atoms with E-state index in [-0.39, 0.29) is 36.2 Å². The molecule has 1 amide bonds. The Kier molecular flexibility index (Phi) is 8.01. The van der Waals surface area contributed by atoms with E-state index in [9.17, 15) is 13.2 Å². The summed E-state index contributed by atoms with van der Waals surface area (Å²) in [7, 11) is -3.16. The number of piperidine rings is 1. The zero-order chi connectivity index (χ0) is 14.6. The van der Waals surface area contributed by atoms with Gasteiger partial charge in [-0.25, -0.2) is 13.1 Å². The minimum atomic E-state index is -3.16. The largest absolute Gasteiger partial charge is 0.342 e. The number of sulfonamides is 1. The van der Waals surface area contributed by atoms with Crippen molar-refractivity contribution in [1.82, 2.24) is 9.62 Å². The molecule has 3 atom stereocenters. The first-order valence-electron chi connectivity index (χ1n) is 6.69. The van der Waals surface area contributed by atoms with Gasteiger partial charge >= 0.3 is 0 Å². The lowest BCUT2D eigenvalue weighted by atomic mass is 9.95. The molecule has 1 heterocycles. The molecule has 0 spiro atoms. The number of likely N-dealkylation sites (tertiary alicyclic amines) is 1. The van der Waals surface area contributed by atoms with Crippen molar-refractivity contribution in [2.24, 2.45) is 17.6 Å². The Labute approximate surface area is 127 Å². The standard InChI is InChI=1S/C12H25N3O3S.ClH/c1-9(10(2)13)12(16)15-6-4-5-11(8-15)7-14-19(3,17)18;/h9-11,14H,4-8,13H2,1-3H3;1H. The van der Waals surface area contributed by atoms with E-state index in [2.05, 4.69) is 4.72 Å². The van der Waals surface area contributed by atoms with Crippen LogP contribution in [-0.4, -0.2) is 51.2 Å². The van der Waals surface area contributed by atoms with Crippen LogP contribution in [0.1, 0.15) is 26.7 Å². The van der Waals surface area contributed by atoms with Crippen LogP contribution in [0, 0.1) is 11.8 Å². The van der Waals surface area contributed by atoms with Crippen molar-refractivity contribution < 1.29 is 13.2 Å². The van der Waals surface area contributed by atoms with E-state index in [1.54, 1.807) is 0 Å². The maximum absolute atomic E-state index is 12.2.